The molecule has 2 N–H and O–H groups in total. The summed E-state index contributed by atoms with van der Waals surface area (Å²) in [6.07, 6.45) is 0.593. The molecule has 6 heteroatoms. The molecule has 1 atom stereocenters. The van der Waals surface area contributed by atoms with Crippen LogP contribution >= 0.6 is 0 Å². The Morgan fingerprint density at radius 1 is 1.17 bits per heavy atom. The molecule has 1 aliphatic rings. The lowest BCUT2D eigenvalue weighted by atomic mass is 10.1. The second-order valence-electron chi connectivity index (χ2n) is 4.30. The molecule has 2 aromatic rings. The van der Waals surface area contributed by atoms with E-state index in [0.717, 1.165) is 0 Å². The van der Waals surface area contributed by atoms with Crippen LogP contribution in [-0.2, 0) is 9.59 Å². The van der Waals surface area contributed by atoms with E-state index in [-0.39, 0.29) is 17.9 Å². The number of nitrogens with zero attached hydrogens (tertiary/aromatic N) is 1. The standard InChI is InChI=1S/C12H11N3O3/c16-10-6-5-9(11(17)13-10)15-12(18)7-3-1-2-4-8(7)14-15/h1-4,9,14H,5-6H2,(H,13,16,17). The fraction of sp³-hybridized carbons (Fsp3) is 0.250. The van der Waals surface area contributed by atoms with E-state index < -0.39 is 11.9 Å². The Hall–Kier alpha value is -2.37. The van der Waals surface area contributed by atoms with Gasteiger partial charge in [0.1, 0.15) is 6.04 Å². The SMILES string of the molecule is O=C1CCC(n2[nH]c3ccccc3c2=O)C(=O)N1. The molecule has 2 amide bonds. The van der Waals surface area contributed by atoms with Gasteiger partial charge in [0.05, 0.1) is 10.9 Å². The maximum Gasteiger partial charge on any atom is 0.275 e. The van der Waals surface area contributed by atoms with Crippen LogP contribution in [0.25, 0.3) is 10.9 Å². The van der Waals surface area contributed by atoms with Crippen LogP contribution in [0.15, 0.2) is 29.1 Å². The molecule has 18 heavy (non-hydrogen) atoms. The number of H-pyrrole nitrogens is 1. The van der Waals surface area contributed by atoms with Crippen molar-refractivity contribution in [3.05, 3.63) is 34.6 Å². The summed E-state index contributed by atoms with van der Waals surface area (Å²) >= 11 is 0. The normalized spacial score (nSPS) is 20.1. The molecule has 0 bridgehead atoms. The molecule has 0 saturated carbocycles. The van der Waals surface area contributed by atoms with E-state index in [9.17, 15) is 14.4 Å². The third-order valence-electron chi connectivity index (χ3n) is 3.14. The summed E-state index contributed by atoms with van der Waals surface area (Å²) in [6.45, 7) is 0. The Bertz CT molecular complexity index is 698. The van der Waals surface area contributed by atoms with Gasteiger partial charge >= 0.3 is 0 Å². The molecule has 1 unspecified atom stereocenters. The van der Waals surface area contributed by atoms with Gasteiger partial charge in [-0.25, -0.2) is 4.68 Å². The predicted octanol–water partition coefficient (Wildman–Crippen LogP) is 0.307. The summed E-state index contributed by atoms with van der Waals surface area (Å²) in [5, 5.41) is 5.70. The minimum atomic E-state index is -0.636. The number of imide groups is 1. The Morgan fingerprint density at radius 2 is 1.94 bits per heavy atom. The largest absolute Gasteiger partial charge is 0.295 e. The molecular formula is C12H11N3O3. The van der Waals surface area contributed by atoms with Crippen molar-refractivity contribution in [1.29, 1.82) is 0 Å². The van der Waals surface area contributed by atoms with E-state index in [2.05, 4.69) is 10.4 Å². The first-order valence-electron chi connectivity index (χ1n) is 5.70. The van der Waals surface area contributed by atoms with Crippen molar-refractivity contribution < 1.29 is 9.59 Å². The van der Waals surface area contributed by atoms with Gasteiger partial charge in [0.25, 0.3) is 11.5 Å². The van der Waals surface area contributed by atoms with Crippen LogP contribution in [-0.4, -0.2) is 21.6 Å². The molecule has 1 aromatic heterocycles. The van der Waals surface area contributed by atoms with Crippen LogP contribution in [0.5, 0.6) is 0 Å². The van der Waals surface area contributed by atoms with E-state index in [1.165, 1.54) is 4.68 Å². The van der Waals surface area contributed by atoms with Gasteiger partial charge < -0.3 is 0 Å². The zero-order valence-electron chi connectivity index (χ0n) is 9.47. The number of piperidine rings is 1. The van der Waals surface area contributed by atoms with Crippen molar-refractivity contribution >= 4 is 22.7 Å². The van der Waals surface area contributed by atoms with Gasteiger partial charge in [0.15, 0.2) is 0 Å². The monoisotopic (exact) mass is 245 g/mol. The summed E-state index contributed by atoms with van der Waals surface area (Å²) in [6, 6.07) is 6.43. The van der Waals surface area contributed by atoms with Gasteiger partial charge in [-0.1, -0.05) is 12.1 Å². The number of benzene rings is 1. The molecule has 1 fully saturated rings. The highest BCUT2D eigenvalue weighted by Crippen LogP contribution is 2.17. The minimum Gasteiger partial charge on any atom is -0.295 e. The number of hydrogen-bond donors (Lipinski definition) is 2. The molecular weight excluding hydrogens is 234 g/mol. The lowest BCUT2D eigenvalue weighted by Crippen LogP contribution is -2.44. The van der Waals surface area contributed by atoms with Gasteiger partial charge in [-0.15, -0.1) is 0 Å². The molecule has 1 saturated heterocycles. The van der Waals surface area contributed by atoms with Crippen molar-refractivity contribution in [3.63, 3.8) is 0 Å². The van der Waals surface area contributed by atoms with E-state index in [4.69, 9.17) is 0 Å². The molecule has 6 nitrogen and oxygen atoms in total. The number of aromatic amines is 1. The summed E-state index contributed by atoms with van der Waals surface area (Å²) < 4.78 is 1.30. The Balaban J connectivity index is 2.09. The van der Waals surface area contributed by atoms with Crippen molar-refractivity contribution in [3.8, 4) is 0 Å². The second kappa shape index (κ2) is 3.83. The van der Waals surface area contributed by atoms with Crippen LogP contribution in [0.3, 0.4) is 0 Å². The predicted molar refractivity (Wildman–Crippen MR) is 64.0 cm³/mol. The second-order valence-corrected chi connectivity index (χ2v) is 4.30. The first-order chi connectivity index (χ1) is 8.66. The van der Waals surface area contributed by atoms with E-state index in [1.54, 1.807) is 18.2 Å². The number of para-hydroxylation sites is 1. The first-order valence-corrected chi connectivity index (χ1v) is 5.70. The maximum absolute atomic E-state index is 12.1. The van der Waals surface area contributed by atoms with Gasteiger partial charge in [0, 0.05) is 6.42 Å². The Morgan fingerprint density at radius 3 is 2.67 bits per heavy atom. The van der Waals surface area contributed by atoms with E-state index in [1.807, 2.05) is 6.07 Å². The third-order valence-corrected chi connectivity index (χ3v) is 3.14. The number of rotatable bonds is 1. The smallest absolute Gasteiger partial charge is 0.275 e. The van der Waals surface area contributed by atoms with Crippen molar-refractivity contribution in [2.45, 2.75) is 18.9 Å². The fourth-order valence-electron chi connectivity index (χ4n) is 2.23. The third kappa shape index (κ3) is 1.54. The summed E-state index contributed by atoms with van der Waals surface area (Å²) in [4.78, 5) is 34.9. The highest BCUT2D eigenvalue weighted by atomic mass is 16.2. The quantitative estimate of drug-likeness (QED) is 0.709. The van der Waals surface area contributed by atoms with E-state index in [0.29, 0.717) is 17.3 Å². The number of nitrogens with one attached hydrogen (secondary N) is 2. The lowest BCUT2D eigenvalue weighted by Gasteiger charge is -2.20. The van der Waals surface area contributed by atoms with Gasteiger partial charge in [-0.3, -0.25) is 24.8 Å². The van der Waals surface area contributed by atoms with Gasteiger partial charge in [-0.2, -0.15) is 0 Å². The highest BCUT2D eigenvalue weighted by Gasteiger charge is 2.29. The lowest BCUT2D eigenvalue weighted by molar-refractivity contribution is -0.136. The van der Waals surface area contributed by atoms with Gasteiger partial charge in [0.2, 0.25) is 5.91 Å². The fourth-order valence-corrected chi connectivity index (χ4v) is 2.23. The number of hydrogen-bond acceptors (Lipinski definition) is 3. The number of fused-ring (bicyclic) bond motifs is 1. The topological polar surface area (TPSA) is 84.0 Å². The highest BCUT2D eigenvalue weighted by molar-refractivity contribution is 5.99. The molecule has 0 aliphatic carbocycles. The molecule has 0 spiro atoms. The van der Waals surface area contributed by atoms with Crippen LogP contribution in [0.1, 0.15) is 18.9 Å². The molecule has 3 rings (SSSR count). The average molecular weight is 245 g/mol. The summed E-state index contributed by atoms with van der Waals surface area (Å²) in [5.74, 6) is -0.722. The average Bonchev–Trinajstić information content (AvgIpc) is 2.68. The molecule has 1 aliphatic heterocycles. The Kier molecular flexibility index (Phi) is 2.29. The molecule has 2 heterocycles. The number of amides is 2. The summed E-state index contributed by atoms with van der Waals surface area (Å²) in [5.41, 5.74) is 0.451. The van der Waals surface area contributed by atoms with E-state index >= 15 is 0 Å². The Labute approximate surface area is 102 Å². The minimum absolute atomic E-state index is 0.236. The van der Waals surface area contributed by atoms with Crippen LogP contribution in [0, 0.1) is 0 Å². The maximum atomic E-state index is 12.1. The summed E-state index contributed by atoms with van der Waals surface area (Å²) in [7, 11) is 0. The van der Waals surface area contributed by atoms with Crippen LogP contribution in [0.2, 0.25) is 0 Å². The number of carbonyl (C=O) groups excluding carboxylic acids is 2. The van der Waals surface area contributed by atoms with Crippen molar-refractivity contribution in [2.24, 2.45) is 0 Å². The van der Waals surface area contributed by atoms with Crippen molar-refractivity contribution in [1.82, 2.24) is 15.1 Å². The molecule has 1 aromatic carbocycles. The zero-order valence-corrected chi connectivity index (χ0v) is 9.47. The van der Waals surface area contributed by atoms with Crippen molar-refractivity contribution in [2.75, 3.05) is 0 Å². The molecule has 92 valence electrons. The van der Waals surface area contributed by atoms with Crippen LogP contribution < -0.4 is 10.9 Å². The zero-order chi connectivity index (χ0) is 12.7. The first kappa shape index (κ1) is 10.8. The van der Waals surface area contributed by atoms with Gasteiger partial charge in [-0.05, 0) is 18.6 Å². The number of aromatic nitrogens is 2. The van der Waals surface area contributed by atoms with Crippen LogP contribution in [0.4, 0.5) is 0 Å². The number of carbonyl (C=O) groups is 2. The molecule has 0 radical (unpaired) electrons.